The van der Waals surface area contributed by atoms with Crippen molar-refractivity contribution in [1.82, 2.24) is 10.2 Å². The highest BCUT2D eigenvalue weighted by Gasteiger charge is 2.24. The van der Waals surface area contributed by atoms with E-state index in [-0.39, 0.29) is 18.6 Å². The zero-order valence-corrected chi connectivity index (χ0v) is 12.8. The van der Waals surface area contributed by atoms with Crippen molar-refractivity contribution < 1.29 is 9.90 Å². The molecule has 116 valence electrons. The van der Waals surface area contributed by atoms with E-state index in [0.717, 1.165) is 38.1 Å². The quantitative estimate of drug-likeness (QED) is 0.828. The Kier molecular flexibility index (Phi) is 6.30. The number of nitrogens with zero attached hydrogens (tertiary/aromatic N) is 1. The summed E-state index contributed by atoms with van der Waals surface area (Å²) in [6.45, 7) is 3.87. The number of rotatable bonds is 4. The number of carbonyl (C=O) groups is 1. The van der Waals surface area contributed by atoms with Crippen molar-refractivity contribution in [2.75, 3.05) is 19.7 Å². The highest BCUT2D eigenvalue weighted by atomic mass is 16.3. The Labute approximate surface area is 122 Å². The number of aliphatic hydroxyl groups excluding tert-OH is 1. The van der Waals surface area contributed by atoms with E-state index in [1.54, 1.807) is 0 Å². The average Bonchev–Trinajstić information content (AvgIpc) is 2.66. The van der Waals surface area contributed by atoms with Crippen molar-refractivity contribution in [3.63, 3.8) is 0 Å². The van der Waals surface area contributed by atoms with Crippen LogP contribution in [0.5, 0.6) is 0 Å². The molecule has 1 saturated heterocycles. The lowest BCUT2D eigenvalue weighted by Crippen LogP contribution is -2.47. The molecule has 2 aliphatic rings. The third-order valence-electron chi connectivity index (χ3n) is 4.94. The van der Waals surface area contributed by atoms with Gasteiger partial charge in [0.05, 0.1) is 13.2 Å². The Morgan fingerprint density at radius 1 is 1.15 bits per heavy atom. The minimum Gasteiger partial charge on any atom is -0.395 e. The van der Waals surface area contributed by atoms with Crippen LogP contribution in [0.1, 0.15) is 58.3 Å². The Bertz CT molecular complexity index is 301. The topological polar surface area (TPSA) is 52.6 Å². The molecule has 0 spiro atoms. The SMILES string of the molecule is CC1CCC(NC(=O)CN2CCCCCC2CO)CC1. The van der Waals surface area contributed by atoms with Crippen LogP contribution < -0.4 is 5.32 Å². The summed E-state index contributed by atoms with van der Waals surface area (Å²) in [4.78, 5) is 14.4. The number of hydrogen-bond acceptors (Lipinski definition) is 3. The lowest BCUT2D eigenvalue weighted by molar-refractivity contribution is -0.124. The summed E-state index contributed by atoms with van der Waals surface area (Å²) < 4.78 is 0. The van der Waals surface area contributed by atoms with Gasteiger partial charge in [-0.25, -0.2) is 0 Å². The summed E-state index contributed by atoms with van der Waals surface area (Å²) in [5.74, 6) is 0.956. The number of nitrogens with one attached hydrogen (secondary N) is 1. The Hall–Kier alpha value is -0.610. The van der Waals surface area contributed by atoms with Gasteiger partial charge in [-0.05, 0) is 51.0 Å². The van der Waals surface area contributed by atoms with E-state index in [1.165, 1.54) is 25.7 Å². The number of hydrogen-bond donors (Lipinski definition) is 2. The van der Waals surface area contributed by atoms with Gasteiger partial charge >= 0.3 is 0 Å². The van der Waals surface area contributed by atoms with Crippen molar-refractivity contribution in [2.24, 2.45) is 5.92 Å². The molecule has 0 bridgehead atoms. The van der Waals surface area contributed by atoms with Crippen molar-refractivity contribution in [1.29, 1.82) is 0 Å². The molecule has 1 aliphatic heterocycles. The number of likely N-dealkylation sites (tertiary alicyclic amines) is 1. The van der Waals surface area contributed by atoms with Gasteiger partial charge in [0.1, 0.15) is 0 Å². The Balaban J connectivity index is 1.77. The van der Waals surface area contributed by atoms with Crippen molar-refractivity contribution >= 4 is 5.91 Å². The van der Waals surface area contributed by atoms with Crippen LogP contribution in [0.15, 0.2) is 0 Å². The summed E-state index contributed by atoms with van der Waals surface area (Å²) in [5.41, 5.74) is 0. The predicted octanol–water partition coefficient (Wildman–Crippen LogP) is 1.92. The first-order valence-corrected chi connectivity index (χ1v) is 8.33. The number of amides is 1. The minimum atomic E-state index is 0.143. The molecule has 1 unspecified atom stereocenters. The molecule has 4 heteroatoms. The van der Waals surface area contributed by atoms with Crippen LogP contribution in [0.2, 0.25) is 0 Å². The van der Waals surface area contributed by atoms with E-state index in [2.05, 4.69) is 17.1 Å². The smallest absolute Gasteiger partial charge is 0.234 e. The van der Waals surface area contributed by atoms with E-state index < -0.39 is 0 Å². The fraction of sp³-hybridized carbons (Fsp3) is 0.938. The van der Waals surface area contributed by atoms with Crippen LogP contribution in [0.4, 0.5) is 0 Å². The lowest BCUT2D eigenvalue weighted by Gasteiger charge is -2.30. The predicted molar refractivity (Wildman–Crippen MR) is 80.5 cm³/mol. The maximum Gasteiger partial charge on any atom is 0.234 e. The molecule has 1 atom stereocenters. The Morgan fingerprint density at radius 2 is 1.90 bits per heavy atom. The summed E-state index contributed by atoms with van der Waals surface area (Å²) in [6.07, 6.45) is 9.25. The zero-order valence-electron chi connectivity index (χ0n) is 12.8. The monoisotopic (exact) mass is 282 g/mol. The highest BCUT2D eigenvalue weighted by molar-refractivity contribution is 5.78. The van der Waals surface area contributed by atoms with Crippen LogP contribution in [0.25, 0.3) is 0 Å². The molecule has 1 heterocycles. The molecule has 2 N–H and O–H groups in total. The van der Waals surface area contributed by atoms with Crippen LogP contribution in [-0.4, -0.2) is 47.7 Å². The molecule has 0 aromatic heterocycles. The fourth-order valence-corrected chi connectivity index (χ4v) is 3.51. The number of aliphatic hydroxyl groups is 1. The maximum atomic E-state index is 12.2. The van der Waals surface area contributed by atoms with Crippen molar-refractivity contribution in [3.8, 4) is 0 Å². The van der Waals surface area contributed by atoms with Gasteiger partial charge in [-0.3, -0.25) is 9.69 Å². The van der Waals surface area contributed by atoms with E-state index in [9.17, 15) is 9.90 Å². The largest absolute Gasteiger partial charge is 0.395 e. The van der Waals surface area contributed by atoms with E-state index in [4.69, 9.17) is 0 Å². The molecule has 1 aliphatic carbocycles. The van der Waals surface area contributed by atoms with Crippen molar-refractivity contribution in [3.05, 3.63) is 0 Å². The van der Waals surface area contributed by atoms with Gasteiger partial charge in [0.2, 0.25) is 5.91 Å². The molecule has 2 rings (SSSR count). The first-order chi connectivity index (χ1) is 9.69. The van der Waals surface area contributed by atoms with Gasteiger partial charge in [0.15, 0.2) is 0 Å². The first-order valence-electron chi connectivity index (χ1n) is 8.33. The zero-order chi connectivity index (χ0) is 14.4. The normalized spacial score (nSPS) is 32.6. The molecule has 20 heavy (non-hydrogen) atoms. The van der Waals surface area contributed by atoms with Gasteiger partial charge in [0, 0.05) is 12.1 Å². The van der Waals surface area contributed by atoms with Crippen LogP contribution >= 0.6 is 0 Å². The Morgan fingerprint density at radius 3 is 2.60 bits per heavy atom. The third-order valence-corrected chi connectivity index (χ3v) is 4.94. The summed E-state index contributed by atoms with van der Waals surface area (Å²) in [7, 11) is 0. The summed E-state index contributed by atoms with van der Waals surface area (Å²) >= 11 is 0. The average molecular weight is 282 g/mol. The second-order valence-corrected chi connectivity index (χ2v) is 6.68. The minimum absolute atomic E-state index is 0.143. The molecule has 0 aromatic rings. The van der Waals surface area contributed by atoms with E-state index in [1.807, 2.05) is 0 Å². The third kappa shape index (κ3) is 4.74. The van der Waals surface area contributed by atoms with Gasteiger partial charge in [-0.1, -0.05) is 19.8 Å². The van der Waals surface area contributed by atoms with Crippen LogP contribution in [-0.2, 0) is 4.79 Å². The molecular weight excluding hydrogens is 252 g/mol. The molecular formula is C16H30N2O2. The van der Waals surface area contributed by atoms with Gasteiger partial charge in [-0.2, -0.15) is 0 Å². The summed E-state index contributed by atoms with van der Waals surface area (Å²) in [5, 5.41) is 12.7. The molecule has 0 aromatic carbocycles. The fourth-order valence-electron chi connectivity index (χ4n) is 3.51. The second kappa shape index (κ2) is 7.99. The number of carbonyl (C=O) groups excluding carboxylic acids is 1. The summed E-state index contributed by atoms with van der Waals surface area (Å²) in [6, 6.07) is 0.549. The van der Waals surface area contributed by atoms with Crippen molar-refractivity contribution in [2.45, 2.75) is 70.4 Å². The molecule has 1 saturated carbocycles. The van der Waals surface area contributed by atoms with E-state index >= 15 is 0 Å². The van der Waals surface area contributed by atoms with Crippen LogP contribution in [0.3, 0.4) is 0 Å². The van der Waals surface area contributed by atoms with E-state index in [0.29, 0.717) is 12.6 Å². The van der Waals surface area contributed by atoms with Gasteiger partial charge < -0.3 is 10.4 Å². The maximum absolute atomic E-state index is 12.2. The highest BCUT2D eigenvalue weighted by Crippen LogP contribution is 2.23. The molecule has 2 fully saturated rings. The van der Waals surface area contributed by atoms with Gasteiger partial charge in [0.25, 0.3) is 0 Å². The van der Waals surface area contributed by atoms with Gasteiger partial charge in [-0.15, -0.1) is 0 Å². The molecule has 0 radical (unpaired) electrons. The van der Waals surface area contributed by atoms with Crippen LogP contribution in [0, 0.1) is 5.92 Å². The first kappa shape index (κ1) is 15.8. The molecule has 1 amide bonds. The standard InChI is InChI=1S/C16H30N2O2/c1-13-6-8-14(9-7-13)17-16(20)11-18-10-4-2-3-5-15(18)12-19/h13-15,19H,2-12H2,1H3,(H,17,20). The second-order valence-electron chi connectivity index (χ2n) is 6.68. The molecule has 4 nitrogen and oxygen atoms in total. The lowest BCUT2D eigenvalue weighted by atomic mass is 9.87.